The molecule has 12 heteroatoms. The summed E-state index contributed by atoms with van der Waals surface area (Å²) in [5.41, 5.74) is -0.0874. The maximum Gasteiger partial charge on any atom is 0.573 e. The number of aliphatic hydroxyl groups is 1. The van der Waals surface area contributed by atoms with Crippen LogP contribution in [0.2, 0.25) is 0 Å². The van der Waals surface area contributed by atoms with Crippen molar-refractivity contribution in [3.05, 3.63) is 59.4 Å². The molecule has 2 aromatic carbocycles. The fraction of sp³-hybridized carbons (Fsp3) is 0.417. The van der Waals surface area contributed by atoms with Gasteiger partial charge in [0.15, 0.2) is 0 Å². The van der Waals surface area contributed by atoms with Crippen LogP contribution in [0.25, 0.3) is 0 Å². The number of rotatable bonds is 10. The van der Waals surface area contributed by atoms with Crippen LogP contribution in [0.1, 0.15) is 47.8 Å². The molecule has 1 fully saturated rings. The Kier molecular flexibility index (Phi) is 9.10. The van der Waals surface area contributed by atoms with Crippen LogP contribution in [0.5, 0.6) is 11.5 Å². The second kappa shape index (κ2) is 12.0. The molecule has 196 valence electrons. The molecule has 1 atom stereocenters. The summed E-state index contributed by atoms with van der Waals surface area (Å²) in [4.78, 5) is 23.2. The first kappa shape index (κ1) is 27.2. The Balaban J connectivity index is 1.44. The van der Waals surface area contributed by atoms with E-state index in [4.69, 9.17) is 9.84 Å². The van der Waals surface area contributed by atoms with E-state index in [-0.39, 0.29) is 42.0 Å². The van der Waals surface area contributed by atoms with Crippen molar-refractivity contribution in [1.82, 2.24) is 10.6 Å². The third-order valence-electron chi connectivity index (χ3n) is 5.67. The fourth-order valence-corrected chi connectivity index (χ4v) is 3.85. The summed E-state index contributed by atoms with van der Waals surface area (Å²) in [6.45, 7) is 0.0399. The summed E-state index contributed by atoms with van der Waals surface area (Å²) >= 11 is 0. The van der Waals surface area contributed by atoms with Gasteiger partial charge in [0.25, 0.3) is 5.91 Å². The number of halogens is 4. The molecule has 3 rings (SSSR count). The molecule has 36 heavy (non-hydrogen) atoms. The maximum atomic E-state index is 14.5. The number of hydrogen-bond donors (Lipinski definition) is 4. The van der Waals surface area contributed by atoms with Crippen LogP contribution in [0.4, 0.5) is 17.6 Å². The number of benzene rings is 2. The monoisotopic (exact) mass is 514 g/mol. The minimum absolute atomic E-state index is 0.00206. The second-order valence-corrected chi connectivity index (χ2v) is 8.30. The van der Waals surface area contributed by atoms with Gasteiger partial charge < -0.3 is 25.0 Å². The molecule has 8 nitrogen and oxygen atoms in total. The Morgan fingerprint density at radius 2 is 1.75 bits per heavy atom. The van der Waals surface area contributed by atoms with Crippen molar-refractivity contribution in [2.45, 2.75) is 44.4 Å². The third kappa shape index (κ3) is 8.09. The molecule has 2 aromatic rings. The van der Waals surface area contributed by atoms with Crippen LogP contribution in [-0.2, 0) is 4.79 Å². The molecular formula is C24H26F4N2O6. The van der Waals surface area contributed by atoms with E-state index in [9.17, 15) is 32.3 Å². The molecule has 4 N–H and O–H groups in total. The smallest absolute Gasteiger partial charge is 0.490 e. The van der Waals surface area contributed by atoms with Crippen LogP contribution < -0.4 is 20.1 Å². The van der Waals surface area contributed by atoms with Crippen LogP contribution in [-0.4, -0.2) is 47.6 Å². The number of carbonyl (C=O) groups is 2. The first-order valence-electron chi connectivity index (χ1n) is 11.3. The molecule has 0 bridgehead atoms. The zero-order chi connectivity index (χ0) is 26.3. The SMILES string of the molecule is O=C(NCCNC(O)c1ccc(OC2CCC(C(=O)O)CC2)cc1F)c1cccc(OC(F)(F)F)c1. The molecular weight excluding hydrogens is 488 g/mol. The Morgan fingerprint density at radius 1 is 1.03 bits per heavy atom. The van der Waals surface area contributed by atoms with E-state index in [1.807, 2.05) is 0 Å². The number of hydrogen-bond acceptors (Lipinski definition) is 6. The normalized spacial score (nSPS) is 18.8. The standard InChI is InChI=1S/C24H26F4N2O6/c25-20-13-17(35-16-6-4-14(5-7-16)23(33)34)8-9-19(20)22(32)30-11-10-29-21(31)15-2-1-3-18(12-15)36-24(26,27)28/h1-3,8-9,12-14,16,22,30,32H,4-7,10-11H2,(H,29,31)(H,33,34). The number of carbonyl (C=O) groups excluding carboxylic acids is 1. The summed E-state index contributed by atoms with van der Waals surface area (Å²) < 4.78 is 61.0. The zero-order valence-electron chi connectivity index (χ0n) is 19.1. The molecule has 1 saturated carbocycles. The third-order valence-corrected chi connectivity index (χ3v) is 5.67. The number of amides is 1. The minimum Gasteiger partial charge on any atom is -0.490 e. The largest absolute Gasteiger partial charge is 0.573 e. The molecule has 0 spiro atoms. The summed E-state index contributed by atoms with van der Waals surface area (Å²) in [6, 6.07) is 8.58. The van der Waals surface area contributed by atoms with Gasteiger partial charge in [0, 0.05) is 30.3 Å². The van der Waals surface area contributed by atoms with Gasteiger partial charge in [-0.25, -0.2) is 4.39 Å². The highest BCUT2D eigenvalue weighted by Gasteiger charge is 2.31. The average molecular weight is 514 g/mol. The minimum atomic E-state index is -4.88. The van der Waals surface area contributed by atoms with Gasteiger partial charge in [-0.2, -0.15) is 0 Å². The van der Waals surface area contributed by atoms with E-state index in [0.717, 1.165) is 18.2 Å². The number of aliphatic hydroxyl groups excluding tert-OH is 1. The van der Waals surface area contributed by atoms with Crippen LogP contribution in [0, 0.1) is 11.7 Å². The van der Waals surface area contributed by atoms with E-state index in [1.54, 1.807) is 0 Å². The van der Waals surface area contributed by atoms with Gasteiger partial charge >= 0.3 is 12.3 Å². The Labute approximate surface area is 204 Å². The van der Waals surface area contributed by atoms with Gasteiger partial charge in [-0.05, 0) is 56.0 Å². The lowest BCUT2D eigenvalue weighted by Crippen LogP contribution is -2.33. The van der Waals surface area contributed by atoms with Crippen molar-refractivity contribution in [2.75, 3.05) is 13.1 Å². The highest BCUT2D eigenvalue weighted by molar-refractivity contribution is 5.94. The summed E-state index contributed by atoms with van der Waals surface area (Å²) in [7, 11) is 0. The van der Waals surface area contributed by atoms with Crippen molar-refractivity contribution >= 4 is 11.9 Å². The van der Waals surface area contributed by atoms with E-state index in [2.05, 4.69) is 15.4 Å². The molecule has 0 radical (unpaired) electrons. The van der Waals surface area contributed by atoms with Gasteiger partial charge in [-0.15, -0.1) is 13.2 Å². The van der Waals surface area contributed by atoms with Gasteiger partial charge in [0.1, 0.15) is 23.5 Å². The molecule has 1 aliphatic carbocycles. The Hall–Kier alpha value is -3.38. The highest BCUT2D eigenvalue weighted by atomic mass is 19.4. The summed E-state index contributed by atoms with van der Waals surface area (Å²) in [5, 5.41) is 24.4. The average Bonchev–Trinajstić information content (AvgIpc) is 2.81. The van der Waals surface area contributed by atoms with Crippen LogP contribution in [0.3, 0.4) is 0 Å². The number of carboxylic acids is 1. The van der Waals surface area contributed by atoms with Gasteiger partial charge in [-0.3, -0.25) is 14.9 Å². The molecule has 0 aliphatic heterocycles. The Bertz CT molecular complexity index is 1060. The maximum absolute atomic E-state index is 14.5. The van der Waals surface area contributed by atoms with Crippen LogP contribution in [0.15, 0.2) is 42.5 Å². The van der Waals surface area contributed by atoms with E-state index >= 15 is 0 Å². The number of carboxylic acid groups (broad SMARTS) is 1. The summed E-state index contributed by atoms with van der Waals surface area (Å²) in [5.74, 6) is -2.83. The zero-order valence-corrected chi connectivity index (χ0v) is 19.1. The van der Waals surface area contributed by atoms with Gasteiger partial charge in [0.05, 0.1) is 12.0 Å². The molecule has 0 aromatic heterocycles. The topological polar surface area (TPSA) is 117 Å². The molecule has 0 heterocycles. The molecule has 1 unspecified atom stereocenters. The van der Waals surface area contributed by atoms with Crippen molar-refractivity contribution in [3.8, 4) is 11.5 Å². The lowest BCUT2D eigenvalue weighted by Gasteiger charge is -2.27. The number of alkyl halides is 3. The predicted molar refractivity (Wildman–Crippen MR) is 119 cm³/mol. The Morgan fingerprint density at radius 3 is 2.39 bits per heavy atom. The molecule has 0 saturated heterocycles. The second-order valence-electron chi connectivity index (χ2n) is 8.30. The lowest BCUT2D eigenvalue weighted by atomic mass is 9.87. The highest BCUT2D eigenvalue weighted by Crippen LogP contribution is 2.29. The van der Waals surface area contributed by atoms with Crippen molar-refractivity contribution in [2.24, 2.45) is 5.92 Å². The number of ether oxygens (including phenoxy) is 2. The number of nitrogens with one attached hydrogen (secondary N) is 2. The van der Waals surface area contributed by atoms with Crippen molar-refractivity contribution in [3.63, 3.8) is 0 Å². The van der Waals surface area contributed by atoms with Crippen LogP contribution >= 0.6 is 0 Å². The molecule has 1 amide bonds. The van der Waals surface area contributed by atoms with Crippen molar-refractivity contribution < 1.29 is 46.8 Å². The summed E-state index contributed by atoms with van der Waals surface area (Å²) in [6.07, 6.45) is -4.38. The fourth-order valence-electron chi connectivity index (χ4n) is 3.85. The van der Waals surface area contributed by atoms with Gasteiger partial charge in [0.2, 0.25) is 0 Å². The van der Waals surface area contributed by atoms with E-state index in [0.29, 0.717) is 25.7 Å². The van der Waals surface area contributed by atoms with E-state index < -0.39 is 36.0 Å². The van der Waals surface area contributed by atoms with Crippen molar-refractivity contribution in [1.29, 1.82) is 0 Å². The predicted octanol–water partition coefficient (Wildman–Crippen LogP) is 3.76. The first-order chi connectivity index (χ1) is 17.0. The van der Waals surface area contributed by atoms with Gasteiger partial charge in [-0.1, -0.05) is 6.07 Å². The number of aliphatic carboxylic acids is 1. The quantitative estimate of drug-likeness (QED) is 0.217. The lowest BCUT2D eigenvalue weighted by molar-refractivity contribution is -0.274. The first-order valence-corrected chi connectivity index (χ1v) is 11.3. The van der Waals surface area contributed by atoms with E-state index in [1.165, 1.54) is 24.3 Å². The molecule has 1 aliphatic rings.